The number of guanidine groups is 1. The highest BCUT2D eigenvalue weighted by molar-refractivity contribution is 14.0. The van der Waals surface area contributed by atoms with Crippen molar-refractivity contribution in [1.29, 1.82) is 0 Å². The number of anilines is 1. The molecule has 1 unspecified atom stereocenters. The first-order chi connectivity index (χ1) is 13.0. The molecule has 8 heteroatoms. The number of nitrogens with one attached hydrogen (secondary N) is 2. The minimum Gasteiger partial charge on any atom is -0.489 e. The Bertz CT molecular complexity index is 740. The van der Waals surface area contributed by atoms with Gasteiger partial charge in [-0.15, -0.1) is 24.0 Å². The highest BCUT2D eigenvalue weighted by Gasteiger charge is 2.06. The summed E-state index contributed by atoms with van der Waals surface area (Å²) in [7, 11) is 3.92. The lowest BCUT2D eigenvalue weighted by Crippen LogP contribution is -2.41. The molecule has 1 aromatic heterocycles. The molecule has 0 amide bonds. The van der Waals surface area contributed by atoms with Crippen molar-refractivity contribution in [2.75, 3.05) is 32.1 Å². The lowest BCUT2D eigenvalue weighted by molar-refractivity contribution is 0.223. The summed E-state index contributed by atoms with van der Waals surface area (Å²) in [6, 6.07) is 11.9. The zero-order valence-electron chi connectivity index (χ0n) is 16.8. The second-order valence-corrected chi connectivity index (χ2v) is 6.34. The summed E-state index contributed by atoms with van der Waals surface area (Å²) in [6.07, 6.45) is -0.102. The minimum atomic E-state index is -0.276. The normalized spacial score (nSPS) is 12.0. The molecule has 1 atom stereocenters. The monoisotopic (exact) mass is 501 g/mol. The molecule has 154 valence electrons. The van der Waals surface area contributed by atoms with Crippen molar-refractivity contribution < 1.29 is 9.13 Å². The third kappa shape index (κ3) is 8.28. The van der Waals surface area contributed by atoms with Crippen LogP contribution in [0.2, 0.25) is 0 Å². The predicted molar refractivity (Wildman–Crippen MR) is 123 cm³/mol. The van der Waals surface area contributed by atoms with E-state index in [2.05, 4.69) is 20.6 Å². The Morgan fingerprint density at radius 3 is 2.54 bits per heavy atom. The summed E-state index contributed by atoms with van der Waals surface area (Å²) in [4.78, 5) is 11.1. The quantitative estimate of drug-likeness (QED) is 0.330. The van der Waals surface area contributed by atoms with Crippen LogP contribution < -0.4 is 20.3 Å². The average molecular weight is 501 g/mol. The maximum absolute atomic E-state index is 13.0. The second-order valence-electron chi connectivity index (χ2n) is 6.34. The molecular weight excluding hydrogens is 472 g/mol. The number of aromatic nitrogens is 1. The van der Waals surface area contributed by atoms with E-state index in [1.165, 1.54) is 12.1 Å². The van der Waals surface area contributed by atoms with E-state index in [1.807, 2.05) is 51.0 Å². The number of nitrogens with zero attached hydrogens (tertiary/aromatic N) is 3. The van der Waals surface area contributed by atoms with Crippen molar-refractivity contribution in [2.24, 2.45) is 4.99 Å². The van der Waals surface area contributed by atoms with Gasteiger partial charge in [0, 0.05) is 20.6 Å². The van der Waals surface area contributed by atoms with Gasteiger partial charge in [-0.2, -0.15) is 0 Å². The smallest absolute Gasteiger partial charge is 0.191 e. The van der Waals surface area contributed by atoms with Gasteiger partial charge in [-0.25, -0.2) is 14.4 Å². The summed E-state index contributed by atoms with van der Waals surface area (Å²) in [6.45, 7) is 5.76. The predicted octanol–water partition coefficient (Wildman–Crippen LogP) is 3.43. The Kier molecular flexibility index (Phi) is 10.6. The van der Waals surface area contributed by atoms with Crippen LogP contribution in [0.5, 0.6) is 5.75 Å². The summed E-state index contributed by atoms with van der Waals surface area (Å²) in [5, 5.41) is 6.47. The first-order valence-corrected chi connectivity index (χ1v) is 9.05. The number of benzene rings is 1. The summed E-state index contributed by atoms with van der Waals surface area (Å²) in [5.41, 5.74) is 0.897. The van der Waals surface area contributed by atoms with Crippen LogP contribution in [0, 0.1) is 5.82 Å². The van der Waals surface area contributed by atoms with Gasteiger partial charge < -0.3 is 20.3 Å². The van der Waals surface area contributed by atoms with Gasteiger partial charge >= 0.3 is 0 Å². The van der Waals surface area contributed by atoms with E-state index in [0.29, 0.717) is 24.8 Å². The SMILES string of the molecule is CCNC(=NCc1cccc(N(C)C)n1)NCC(C)Oc1ccc(F)cc1.I. The van der Waals surface area contributed by atoms with Gasteiger partial charge in [0.25, 0.3) is 0 Å². The van der Waals surface area contributed by atoms with Gasteiger partial charge in [0.15, 0.2) is 5.96 Å². The highest BCUT2D eigenvalue weighted by Crippen LogP contribution is 2.12. The largest absolute Gasteiger partial charge is 0.489 e. The molecule has 2 N–H and O–H groups in total. The molecule has 0 saturated carbocycles. The highest BCUT2D eigenvalue weighted by atomic mass is 127. The van der Waals surface area contributed by atoms with Gasteiger partial charge in [0.05, 0.1) is 18.8 Å². The van der Waals surface area contributed by atoms with Gasteiger partial charge in [-0.05, 0) is 50.2 Å². The molecule has 0 aliphatic carbocycles. The van der Waals surface area contributed by atoms with Gasteiger partial charge in [0.1, 0.15) is 23.5 Å². The molecule has 1 aromatic carbocycles. The molecule has 0 bridgehead atoms. The van der Waals surface area contributed by atoms with E-state index in [0.717, 1.165) is 18.1 Å². The van der Waals surface area contributed by atoms with E-state index in [9.17, 15) is 4.39 Å². The molecule has 6 nitrogen and oxygen atoms in total. The number of halogens is 2. The summed E-state index contributed by atoms with van der Waals surface area (Å²) in [5.74, 6) is 1.96. The first kappa shape index (κ1) is 23.9. The molecular formula is C20H29FIN5O. The van der Waals surface area contributed by atoms with E-state index in [-0.39, 0.29) is 35.9 Å². The van der Waals surface area contributed by atoms with Crippen molar-refractivity contribution in [1.82, 2.24) is 15.6 Å². The van der Waals surface area contributed by atoms with Gasteiger partial charge in [-0.1, -0.05) is 6.07 Å². The molecule has 0 spiro atoms. The lowest BCUT2D eigenvalue weighted by Gasteiger charge is -2.17. The molecule has 1 heterocycles. The summed E-state index contributed by atoms with van der Waals surface area (Å²) < 4.78 is 18.7. The number of ether oxygens (including phenoxy) is 1. The lowest BCUT2D eigenvalue weighted by atomic mass is 10.3. The van der Waals surface area contributed by atoms with Crippen LogP contribution in [-0.2, 0) is 6.54 Å². The Morgan fingerprint density at radius 1 is 1.18 bits per heavy atom. The van der Waals surface area contributed by atoms with Crippen LogP contribution in [0.4, 0.5) is 10.2 Å². The van der Waals surface area contributed by atoms with Crippen molar-refractivity contribution in [3.8, 4) is 5.75 Å². The Morgan fingerprint density at radius 2 is 1.89 bits per heavy atom. The number of aliphatic imine (C=N–C) groups is 1. The summed E-state index contributed by atoms with van der Waals surface area (Å²) >= 11 is 0. The average Bonchev–Trinajstić information content (AvgIpc) is 2.66. The Labute approximate surface area is 183 Å². The number of hydrogen-bond acceptors (Lipinski definition) is 4. The van der Waals surface area contributed by atoms with Crippen molar-refractivity contribution in [3.05, 3.63) is 54.0 Å². The topological polar surface area (TPSA) is 61.8 Å². The van der Waals surface area contributed by atoms with E-state index >= 15 is 0 Å². The molecule has 2 rings (SSSR count). The van der Waals surface area contributed by atoms with E-state index in [1.54, 1.807) is 12.1 Å². The maximum Gasteiger partial charge on any atom is 0.191 e. The molecule has 0 saturated heterocycles. The third-order valence-electron chi connectivity index (χ3n) is 3.70. The van der Waals surface area contributed by atoms with Crippen molar-refractivity contribution in [2.45, 2.75) is 26.5 Å². The second kappa shape index (κ2) is 12.4. The standard InChI is InChI=1S/C20H28FN5O.HI/c1-5-22-20(24-14-17-7-6-8-19(25-17)26(3)4)23-13-15(2)27-18-11-9-16(21)10-12-18;/h6-12,15H,5,13-14H2,1-4H3,(H2,22,23,24);1H. The number of hydrogen-bond donors (Lipinski definition) is 2. The zero-order chi connectivity index (χ0) is 19.6. The molecule has 0 aliphatic heterocycles. The van der Waals surface area contributed by atoms with Crippen LogP contribution >= 0.6 is 24.0 Å². The molecule has 0 radical (unpaired) electrons. The Balaban J connectivity index is 0.00000392. The minimum absolute atomic E-state index is 0. The Hall–Kier alpha value is -2.10. The third-order valence-corrected chi connectivity index (χ3v) is 3.70. The van der Waals surface area contributed by atoms with E-state index < -0.39 is 0 Å². The number of rotatable bonds is 8. The molecule has 28 heavy (non-hydrogen) atoms. The molecule has 0 fully saturated rings. The van der Waals surface area contributed by atoms with E-state index in [4.69, 9.17) is 4.74 Å². The fraction of sp³-hybridized carbons (Fsp3) is 0.400. The van der Waals surface area contributed by atoms with Gasteiger partial charge in [0.2, 0.25) is 0 Å². The van der Waals surface area contributed by atoms with Crippen LogP contribution in [-0.4, -0.2) is 44.2 Å². The fourth-order valence-electron chi connectivity index (χ4n) is 2.33. The van der Waals surface area contributed by atoms with Gasteiger partial charge in [-0.3, -0.25) is 0 Å². The zero-order valence-corrected chi connectivity index (χ0v) is 19.1. The fourth-order valence-corrected chi connectivity index (χ4v) is 2.33. The van der Waals surface area contributed by atoms with Crippen molar-refractivity contribution >= 4 is 35.8 Å². The number of pyridine rings is 1. The van der Waals surface area contributed by atoms with Crippen LogP contribution in [0.1, 0.15) is 19.5 Å². The maximum atomic E-state index is 13.0. The van der Waals surface area contributed by atoms with Crippen molar-refractivity contribution in [3.63, 3.8) is 0 Å². The van der Waals surface area contributed by atoms with Crippen LogP contribution in [0.3, 0.4) is 0 Å². The van der Waals surface area contributed by atoms with Crippen LogP contribution in [0.25, 0.3) is 0 Å². The molecule has 0 aliphatic rings. The first-order valence-electron chi connectivity index (χ1n) is 9.05. The van der Waals surface area contributed by atoms with Crippen LogP contribution in [0.15, 0.2) is 47.5 Å². The molecule has 2 aromatic rings.